The number of amidine groups is 1. The first-order chi connectivity index (χ1) is 18.4. The van der Waals surface area contributed by atoms with Gasteiger partial charge in [0.05, 0.1) is 12.5 Å². The number of benzene rings is 2. The lowest BCUT2D eigenvalue weighted by molar-refractivity contribution is -0.152. The van der Waals surface area contributed by atoms with E-state index in [-0.39, 0.29) is 5.91 Å². The first kappa shape index (κ1) is 28.8. The Morgan fingerprint density at radius 2 is 1.68 bits per heavy atom. The number of nitrogens with zero attached hydrogens (tertiary/aromatic N) is 3. The van der Waals surface area contributed by atoms with E-state index < -0.39 is 11.9 Å². The summed E-state index contributed by atoms with van der Waals surface area (Å²) in [6.07, 6.45) is 8.85. The normalized spacial score (nSPS) is 14.2. The largest absolute Gasteiger partial charge is 0.494 e. The van der Waals surface area contributed by atoms with Crippen LogP contribution in [0.4, 0.5) is 0 Å². The summed E-state index contributed by atoms with van der Waals surface area (Å²) < 4.78 is 5.85. The van der Waals surface area contributed by atoms with Crippen molar-refractivity contribution in [1.29, 1.82) is 0 Å². The van der Waals surface area contributed by atoms with Crippen LogP contribution in [0.2, 0.25) is 0 Å². The smallest absolute Gasteiger partial charge is 0.310 e. The molecule has 0 spiro atoms. The van der Waals surface area contributed by atoms with Crippen LogP contribution in [0.5, 0.6) is 5.75 Å². The van der Waals surface area contributed by atoms with Gasteiger partial charge in [0.15, 0.2) is 5.84 Å². The molecule has 2 aromatic carbocycles. The van der Waals surface area contributed by atoms with Gasteiger partial charge in [-0.15, -0.1) is 0 Å². The minimum atomic E-state index is -0.839. The van der Waals surface area contributed by atoms with Crippen LogP contribution in [-0.4, -0.2) is 54.1 Å². The highest BCUT2D eigenvalue weighted by Crippen LogP contribution is 2.20. The van der Waals surface area contributed by atoms with Crippen LogP contribution < -0.4 is 4.74 Å². The van der Waals surface area contributed by atoms with Crippen molar-refractivity contribution in [3.63, 3.8) is 0 Å². The maximum absolute atomic E-state index is 12.2. The van der Waals surface area contributed by atoms with E-state index in [1.165, 1.54) is 25.7 Å². The first-order valence-electron chi connectivity index (χ1n) is 13.5. The molecule has 1 saturated heterocycles. The number of carbonyl (C=O) groups is 2. The summed E-state index contributed by atoms with van der Waals surface area (Å²) in [5, 5.41) is 8.95. The van der Waals surface area contributed by atoms with Crippen LogP contribution >= 0.6 is 0 Å². The number of unbranched alkanes of at least 4 members (excludes halogenated alkanes) is 4. The van der Waals surface area contributed by atoms with Crippen LogP contribution in [0.25, 0.3) is 5.57 Å². The molecular formula is C31H39N3O4. The summed E-state index contributed by atoms with van der Waals surface area (Å²) in [6, 6.07) is 15.8. The first-order valence-corrected chi connectivity index (χ1v) is 13.5. The third-order valence-electron chi connectivity index (χ3n) is 6.78. The molecule has 1 aliphatic rings. The van der Waals surface area contributed by atoms with Crippen molar-refractivity contribution in [2.75, 3.05) is 19.7 Å². The molecule has 7 nitrogen and oxygen atoms in total. The van der Waals surface area contributed by atoms with E-state index in [0.29, 0.717) is 31.8 Å². The highest BCUT2D eigenvalue weighted by molar-refractivity contribution is 6.02. The van der Waals surface area contributed by atoms with Gasteiger partial charge in [0.2, 0.25) is 5.91 Å². The summed E-state index contributed by atoms with van der Waals surface area (Å²) in [6.45, 7) is 9.25. The summed E-state index contributed by atoms with van der Waals surface area (Å²) in [4.78, 5) is 33.4. The third-order valence-corrected chi connectivity index (χ3v) is 6.78. The average Bonchev–Trinajstić information content (AvgIpc) is 2.89. The van der Waals surface area contributed by atoms with E-state index in [1.807, 2.05) is 55.5 Å². The Balaban J connectivity index is 1.50. The highest BCUT2D eigenvalue weighted by atomic mass is 16.5. The lowest BCUT2D eigenvalue weighted by Gasteiger charge is -2.36. The van der Waals surface area contributed by atoms with Crippen molar-refractivity contribution in [2.45, 2.75) is 58.8 Å². The molecular weight excluding hydrogens is 478 g/mol. The van der Waals surface area contributed by atoms with Crippen LogP contribution in [0.15, 0.2) is 64.7 Å². The van der Waals surface area contributed by atoms with Gasteiger partial charge in [-0.1, -0.05) is 69.0 Å². The summed E-state index contributed by atoms with van der Waals surface area (Å²) in [7, 11) is 0. The minimum absolute atomic E-state index is 0.01000. The predicted molar refractivity (Wildman–Crippen MR) is 153 cm³/mol. The monoisotopic (exact) mass is 517 g/mol. The molecule has 0 aliphatic carbocycles. The molecule has 1 N–H and O–H groups in total. The number of hydrogen-bond acceptors (Lipinski definition) is 4. The zero-order chi connectivity index (χ0) is 27.3. The molecule has 1 amide bonds. The number of aliphatic carboxylic acids is 1. The molecule has 38 heavy (non-hydrogen) atoms. The molecule has 0 radical (unpaired) electrons. The molecule has 0 bridgehead atoms. The number of rotatable bonds is 14. The molecule has 1 aliphatic heterocycles. The molecule has 1 heterocycles. The molecule has 2 aromatic rings. The van der Waals surface area contributed by atoms with Gasteiger partial charge in [0.25, 0.3) is 0 Å². The quantitative estimate of drug-likeness (QED) is 0.188. The summed E-state index contributed by atoms with van der Waals surface area (Å²) >= 11 is 0. The fourth-order valence-electron chi connectivity index (χ4n) is 4.22. The second-order valence-corrected chi connectivity index (χ2v) is 9.74. The average molecular weight is 518 g/mol. The maximum Gasteiger partial charge on any atom is 0.310 e. The van der Waals surface area contributed by atoms with E-state index in [4.69, 9.17) is 9.84 Å². The van der Waals surface area contributed by atoms with Crippen LogP contribution in [0.3, 0.4) is 0 Å². The molecule has 0 atom stereocenters. The van der Waals surface area contributed by atoms with E-state index in [0.717, 1.165) is 41.0 Å². The molecule has 0 saturated carbocycles. The van der Waals surface area contributed by atoms with Gasteiger partial charge in [-0.25, -0.2) is 9.98 Å². The fraction of sp³-hybridized carbons (Fsp3) is 0.419. The Labute approximate surface area is 226 Å². The van der Waals surface area contributed by atoms with Crippen molar-refractivity contribution in [1.82, 2.24) is 4.90 Å². The number of hydrogen-bond donors (Lipinski definition) is 1. The number of carbonyl (C=O) groups excluding carboxylic acids is 1. The Bertz CT molecular complexity index is 1130. The van der Waals surface area contributed by atoms with E-state index in [2.05, 4.69) is 23.6 Å². The lowest BCUT2D eigenvalue weighted by Crippen LogP contribution is -2.53. The van der Waals surface area contributed by atoms with Crippen LogP contribution in [0.1, 0.15) is 69.1 Å². The van der Waals surface area contributed by atoms with E-state index in [9.17, 15) is 9.59 Å². The molecule has 3 rings (SSSR count). The Morgan fingerprint density at radius 3 is 2.32 bits per heavy atom. The number of amides is 1. The fourth-order valence-corrected chi connectivity index (χ4v) is 4.22. The number of ether oxygens (including phenoxy) is 1. The molecule has 7 heteroatoms. The Hall–Kier alpha value is -3.74. The molecule has 0 unspecified atom stereocenters. The van der Waals surface area contributed by atoms with E-state index >= 15 is 0 Å². The second kappa shape index (κ2) is 14.9. The highest BCUT2D eigenvalue weighted by Gasteiger charge is 2.35. The van der Waals surface area contributed by atoms with Crippen molar-refractivity contribution < 1.29 is 19.4 Å². The SMILES string of the molecule is C=NC(=N/C=C(\C)c1ccc(OCCCCCCC)cc1)c1ccc(CCC(=O)N2CC(C(=O)O)C2)cc1. The Kier molecular flexibility index (Phi) is 11.3. The minimum Gasteiger partial charge on any atom is -0.494 e. The standard InChI is InChI=1S/C31H39N3O4/c1-4-5-6-7-8-19-38-28-16-14-25(15-17-28)23(2)20-33-30(32-3)26-12-9-24(10-13-26)11-18-29(35)34-21-27(22-34)31(36)37/h9-10,12-17,20,27H,3-8,11,18-19,21-22H2,1-2H3,(H,36,37)/b23-20+,33-30?. The molecule has 0 aromatic heterocycles. The van der Waals surface area contributed by atoms with Gasteiger partial charge in [0, 0.05) is 31.3 Å². The lowest BCUT2D eigenvalue weighted by atomic mass is 9.99. The zero-order valence-electron chi connectivity index (χ0n) is 22.6. The van der Waals surface area contributed by atoms with Gasteiger partial charge in [-0.3, -0.25) is 9.59 Å². The van der Waals surface area contributed by atoms with Gasteiger partial charge < -0.3 is 14.7 Å². The molecule has 202 valence electrons. The Morgan fingerprint density at radius 1 is 1.03 bits per heavy atom. The van der Waals surface area contributed by atoms with Crippen molar-refractivity contribution >= 4 is 30.0 Å². The van der Waals surface area contributed by atoms with Crippen molar-refractivity contribution in [3.05, 3.63) is 71.4 Å². The van der Waals surface area contributed by atoms with Crippen molar-refractivity contribution in [3.8, 4) is 5.75 Å². The second-order valence-electron chi connectivity index (χ2n) is 9.74. The number of likely N-dealkylation sites (tertiary alicyclic amines) is 1. The number of aryl methyl sites for hydroxylation is 1. The van der Waals surface area contributed by atoms with Crippen LogP contribution in [-0.2, 0) is 16.0 Å². The third kappa shape index (κ3) is 8.68. The maximum atomic E-state index is 12.2. The van der Waals surface area contributed by atoms with Crippen LogP contribution in [0, 0.1) is 5.92 Å². The zero-order valence-corrected chi connectivity index (χ0v) is 22.6. The van der Waals surface area contributed by atoms with Gasteiger partial charge >= 0.3 is 5.97 Å². The van der Waals surface area contributed by atoms with E-state index in [1.54, 1.807) is 11.1 Å². The topological polar surface area (TPSA) is 91.6 Å². The van der Waals surface area contributed by atoms with Gasteiger partial charge in [0.1, 0.15) is 5.75 Å². The number of carboxylic acid groups (broad SMARTS) is 1. The van der Waals surface area contributed by atoms with Gasteiger partial charge in [-0.05, 0) is 55.3 Å². The number of aliphatic imine (C=N–C) groups is 2. The summed E-state index contributed by atoms with van der Waals surface area (Å²) in [5.74, 6) is 0.127. The number of carboxylic acids is 1. The van der Waals surface area contributed by atoms with Gasteiger partial charge in [-0.2, -0.15) is 0 Å². The van der Waals surface area contributed by atoms with Crippen molar-refractivity contribution in [2.24, 2.45) is 15.9 Å². The number of allylic oxidation sites excluding steroid dienone is 1. The molecule has 1 fully saturated rings. The predicted octanol–water partition coefficient (Wildman–Crippen LogP) is 6.02. The summed E-state index contributed by atoms with van der Waals surface area (Å²) in [5.41, 5.74) is 3.93.